The number of carbonyl (C=O) groups is 1. The summed E-state index contributed by atoms with van der Waals surface area (Å²) in [5.41, 5.74) is 2.38. The first-order valence-corrected chi connectivity index (χ1v) is 6.66. The van der Waals surface area contributed by atoms with Crippen LogP contribution in [0.15, 0.2) is 6.07 Å². The van der Waals surface area contributed by atoms with E-state index >= 15 is 0 Å². The number of nitrogens with zero attached hydrogens (tertiary/aromatic N) is 1. The number of carboxylic acid groups (broad SMARTS) is 1. The van der Waals surface area contributed by atoms with Gasteiger partial charge in [-0.1, -0.05) is 0 Å². The lowest BCUT2D eigenvalue weighted by atomic mass is 9.94. The molecule has 1 aliphatic carbocycles. The van der Waals surface area contributed by atoms with E-state index in [1.165, 1.54) is 0 Å². The Morgan fingerprint density at radius 3 is 3.00 bits per heavy atom. The van der Waals surface area contributed by atoms with Crippen LogP contribution in [-0.4, -0.2) is 22.6 Å². The van der Waals surface area contributed by atoms with Gasteiger partial charge in [0.2, 0.25) is 0 Å². The lowest BCUT2D eigenvalue weighted by molar-refractivity contribution is 0.0697. The van der Waals surface area contributed by atoms with Crippen LogP contribution in [0.4, 0.5) is 5.82 Å². The average molecular weight is 258 g/mol. The second-order valence-corrected chi connectivity index (χ2v) is 4.74. The van der Waals surface area contributed by atoms with Crippen LogP contribution in [0.25, 0.3) is 0 Å². The number of aryl methyl sites for hydroxylation is 2. The minimum atomic E-state index is -0.930. The van der Waals surface area contributed by atoms with E-state index in [4.69, 9.17) is 6.42 Å². The summed E-state index contributed by atoms with van der Waals surface area (Å²) in [6.45, 7) is 0.649. The molecule has 0 aliphatic heterocycles. The smallest absolute Gasteiger partial charge is 0.339 e. The number of nitrogens with one attached hydrogen (secondary N) is 1. The molecule has 2 rings (SSSR count). The second-order valence-electron chi connectivity index (χ2n) is 4.74. The van der Waals surface area contributed by atoms with Gasteiger partial charge < -0.3 is 10.4 Å². The highest BCUT2D eigenvalue weighted by Gasteiger charge is 2.18. The molecule has 4 nitrogen and oxygen atoms in total. The largest absolute Gasteiger partial charge is 0.478 e. The van der Waals surface area contributed by atoms with Crippen molar-refractivity contribution in [1.29, 1.82) is 0 Å². The normalized spacial score (nSPS) is 13.4. The lowest BCUT2D eigenvalue weighted by Crippen LogP contribution is -2.14. The molecule has 100 valence electrons. The number of hydrogen-bond acceptors (Lipinski definition) is 3. The maximum atomic E-state index is 11.3. The van der Waals surface area contributed by atoms with Gasteiger partial charge in [0.05, 0.1) is 0 Å². The van der Waals surface area contributed by atoms with Crippen molar-refractivity contribution >= 4 is 11.8 Å². The number of fused-ring (bicyclic) bond motifs is 1. The number of carboxylic acids is 1. The Labute approximate surface area is 113 Å². The Kier molecular flexibility index (Phi) is 4.40. The molecule has 1 heterocycles. The molecule has 0 radical (unpaired) electrons. The van der Waals surface area contributed by atoms with Crippen molar-refractivity contribution in [3.05, 3.63) is 22.9 Å². The molecule has 0 amide bonds. The van der Waals surface area contributed by atoms with Crippen LogP contribution < -0.4 is 5.32 Å². The van der Waals surface area contributed by atoms with E-state index in [9.17, 15) is 9.90 Å². The van der Waals surface area contributed by atoms with Gasteiger partial charge >= 0.3 is 5.97 Å². The summed E-state index contributed by atoms with van der Waals surface area (Å²) in [4.78, 5) is 15.8. The third-order valence-corrected chi connectivity index (χ3v) is 3.32. The van der Waals surface area contributed by atoms with Crippen molar-refractivity contribution in [3.8, 4) is 12.3 Å². The number of aromatic carboxylic acids is 1. The minimum Gasteiger partial charge on any atom is -0.478 e. The zero-order valence-corrected chi connectivity index (χ0v) is 10.9. The number of aromatic nitrogens is 1. The van der Waals surface area contributed by atoms with Gasteiger partial charge in [-0.3, -0.25) is 0 Å². The van der Waals surface area contributed by atoms with Crippen molar-refractivity contribution < 1.29 is 9.90 Å². The zero-order valence-electron chi connectivity index (χ0n) is 10.9. The molecule has 0 aromatic carbocycles. The number of hydrogen-bond donors (Lipinski definition) is 2. The first kappa shape index (κ1) is 13.4. The van der Waals surface area contributed by atoms with Gasteiger partial charge in [-0.15, -0.1) is 12.3 Å². The molecule has 1 aliphatic rings. The first-order valence-electron chi connectivity index (χ1n) is 6.66. The second kappa shape index (κ2) is 6.24. The van der Waals surface area contributed by atoms with Gasteiger partial charge in [0.15, 0.2) is 0 Å². The molecule has 0 bridgehead atoms. The standard InChI is InChI=1S/C15H18N2O2/c1-2-3-6-9-16-14-12(15(18)19)10-11-7-4-5-8-13(11)17-14/h1,10H,3-9H2,(H,16,17)(H,18,19). The number of terminal acetylenes is 1. The topological polar surface area (TPSA) is 62.2 Å². The fourth-order valence-electron chi connectivity index (χ4n) is 2.33. The van der Waals surface area contributed by atoms with Crippen LogP contribution in [0.1, 0.15) is 47.3 Å². The van der Waals surface area contributed by atoms with Crippen LogP contribution in [0, 0.1) is 12.3 Å². The molecule has 4 heteroatoms. The van der Waals surface area contributed by atoms with E-state index in [-0.39, 0.29) is 5.56 Å². The van der Waals surface area contributed by atoms with Crippen LogP contribution in [-0.2, 0) is 12.8 Å². The molecular formula is C15H18N2O2. The van der Waals surface area contributed by atoms with Gasteiger partial charge in [0.25, 0.3) is 0 Å². The molecule has 0 fully saturated rings. The molecule has 0 atom stereocenters. The summed E-state index contributed by atoms with van der Waals surface area (Å²) in [5.74, 6) is 2.11. The molecule has 0 saturated heterocycles. The molecule has 2 N–H and O–H groups in total. The molecule has 0 unspecified atom stereocenters. The zero-order chi connectivity index (χ0) is 13.7. The number of pyridine rings is 1. The lowest BCUT2D eigenvalue weighted by Gasteiger charge is -2.18. The van der Waals surface area contributed by atoms with E-state index in [0.29, 0.717) is 18.8 Å². The van der Waals surface area contributed by atoms with E-state index in [1.807, 2.05) is 0 Å². The van der Waals surface area contributed by atoms with Crippen LogP contribution >= 0.6 is 0 Å². The predicted octanol–water partition coefficient (Wildman–Crippen LogP) is 2.48. The maximum absolute atomic E-state index is 11.3. The van der Waals surface area contributed by atoms with Crippen molar-refractivity contribution in [1.82, 2.24) is 4.98 Å². The molecule has 1 aromatic rings. The predicted molar refractivity (Wildman–Crippen MR) is 74.4 cm³/mol. The SMILES string of the molecule is C#CCCCNc1nc2c(cc1C(=O)O)CCCC2. The summed E-state index contributed by atoms with van der Waals surface area (Å²) < 4.78 is 0. The van der Waals surface area contributed by atoms with Gasteiger partial charge in [-0.25, -0.2) is 9.78 Å². The van der Waals surface area contributed by atoms with E-state index in [0.717, 1.165) is 43.4 Å². The third kappa shape index (κ3) is 3.25. The maximum Gasteiger partial charge on any atom is 0.339 e. The third-order valence-electron chi connectivity index (χ3n) is 3.32. The van der Waals surface area contributed by atoms with E-state index in [2.05, 4.69) is 16.2 Å². The Morgan fingerprint density at radius 1 is 1.47 bits per heavy atom. The summed E-state index contributed by atoms with van der Waals surface area (Å²) >= 11 is 0. The number of unbranched alkanes of at least 4 members (excludes halogenated alkanes) is 1. The highest BCUT2D eigenvalue weighted by molar-refractivity contribution is 5.93. The van der Waals surface area contributed by atoms with Crippen molar-refractivity contribution in [2.75, 3.05) is 11.9 Å². The summed E-state index contributed by atoms with van der Waals surface area (Å²) in [5, 5.41) is 12.3. The Morgan fingerprint density at radius 2 is 2.26 bits per heavy atom. The first-order chi connectivity index (χ1) is 9.22. The average Bonchev–Trinajstić information content (AvgIpc) is 2.42. The molecule has 0 spiro atoms. The fraction of sp³-hybridized carbons (Fsp3) is 0.467. The fourth-order valence-corrected chi connectivity index (χ4v) is 2.33. The molecule has 0 saturated carbocycles. The number of anilines is 1. The Balaban J connectivity index is 2.20. The van der Waals surface area contributed by atoms with Crippen LogP contribution in [0.5, 0.6) is 0 Å². The van der Waals surface area contributed by atoms with Crippen molar-refractivity contribution in [2.24, 2.45) is 0 Å². The van der Waals surface area contributed by atoms with Crippen LogP contribution in [0.2, 0.25) is 0 Å². The minimum absolute atomic E-state index is 0.265. The van der Waals surface area contributed by atoms with Gasteiger partial charge in [0, 0.05) is 18.7 Å². The van der Waals surface area contributed by atoms with E-state index < -0.39 is 5.97 Å². The van der Waals surface area contributed by atoms with Crippen LogP contribution in [0.3, 0.4) is 0 Å². The number of rotatable bonds is 5. The summed E-state index contributed by atoms with van der Waals surface area (Å²) in [7, 11) is 0. The van der Waals surface area contributed by atoms with Crippen molar-refractivity contribution in [2.45, 2.75) is 38.5 Å². The highest BCUT2D eigenvalue weighted by Crippen LogP contribution is 2.24. The highest BCUT2D eigenvalue weighted by atomic mass is 16.4. The Bertz CT molecular complexity index is 518. The quantitative estimate of drug-likeness (QED) is 0.629. The monoisotopic (exact) mass is 258 g/mol. The van der Waals surface area contributed by atoms with Gasteiger partial charge in [-0.05, 0) is 43.7 Å². The molecular weight excluding hydrogens is 240 g/mol. The summed E-state index contributed by atoms with van der Waals surface area (Å²) in [6, 6.07) is 1.77. The van der Waals surface area contributed by atoms with Gasteiger partial charge in [-0.2, -0.15) is 0 Å². The Hall–Kier alpha value is -2.02. The van der Waals surface area contributed by atoms with Gasteiger partial charge in [0.1, 0.15) is 11.4 Å². The van der Waals surface area contributed by atoms with E-state index in [1.54, 1.807) is 6.07 Å². The summed E-state index contributed by atoms with van der Waals surface area (Å²) in [6.07, 6.45) is 10.8. The molecule has 1 aromatic heterocycles. The van der Waals surface area contributed by atoms with Crippen molar-refractivity contribution in [3.63, 3.8) is 0 Å². The molecule has 19 heavy (non-hydrogen) atoms.